The predicted molar refractivity (Wildman–Crippen MR) is 387 cm³/mol. The lowest BCUT2D eigenvalue weighted by atomic mass is 10.2. The first-order valence-corrected chi connectivity index (χ1v) is 37.7. The van der Waals surface area contributed by atoms with Crippen molar-refractivity contribution in [3.05, 3.63) is 137 Å². The van der Waals surface area contributed by atoms with Gasteiger partial charge in [-0.15, -0.1) is 40.0 Å². The molecule has 0 spiro atoms. The number of hydroxylamine groups is 6. The standard InChI is InChI=1S/C13H17N5O2.C11H15N5O.2C10H13N5O2.C9H11IN2O2.C9H18OSi.C5H5N/c1-3-5-20-18-12-6-11(8-16(9-12)13(18)19)17-7-10(4-2)14-15-17;1-3-8-5-16(13-12-8)10-4-9-6-15(7-10)11(17)14(9)2;1-13-8-2-9(5-14(4-8)10(13)17)15-3-7(6-16)11-12-15;1-2-7-4-14(12-11-7)8-3-9-6-13(5-8)10(16)15(9)17;1-2-3-14-12-8-4-7(10)5-11(6-8)9(12)13;1-7-8-10-11(5,6)9(2,3)4;1-2-4-6-5-3-1/h3,6-7,12H,1,4-5,8-9H2,2H3;4-5,9H,3,6-7H2,1-2H3;2-3,8,16H,4-6H2,1H3;3-4,9,17H,2,5-6H2,1H3;2,4,8H,1,3,5-6H2;1H,8H2,2-6H3;1-5H/p+1. The molecule has 10 aliphatic rings. The number of carbonyl (C=O) groups is 5. The lowest BCUT2D eigenvalue weighted by molar-refractivity contribution is -0.378. The number of rotatable bonds is 16. The van der Waals surface area contributed by atoms with Gasteiger partial charge in [-0.2, -0.15) is 15.2 Å². The Hall–Kier alpha value is -9.45. The van der Waals surface area contributed by atoms with E-state index in [-0.39, 0.29) is 72.0 Å². The monoisotopic (exact) mass is 1530 g/mol. The van der Waals surface area contributed by atoms with E-state index in [1.165, 1.54) is 13.7 Å². The summed E-state index contributed by atoms with van der Waals surface area (Å²) in [7, 11) is 2.07. The molecule has 35 heteroatoms. The number of aryl methyl sites for hydroxylation is 3. The molecular formula is C67H93IN23O10Si+. The summed E-state index contributed by atoms with van der Waals surface area (Å²) in [6, 6.07) is 5.48. The lowest BCUT2D eigenvalue weighted by Gasteiger charge is -2.35. The van der Waals surface area contributed by atoms with Crippen LogP contribution in [-0.2, 0) is 40.0 Å². The second-order valence-corrected chi connectivity index (χ2v) is 32.6. The second kappa shape index (κ2) is 34.5. The molecule has 15 rings (SSSR count). The van der Waals surface area contributed by atoms with Gasteiger partial charge in [0.05, 0.1) is 154 Å². The average molecular weight is 1540 g/mol. The molecule has 10 amide bonds. The van der Waals surface area contributed by atoms with E-state index >= 15 is 0 Å². The first-order chi connectivity index (χ1) is 48.8. The minimum absolute atomic E-state index is 0.0419. The average Bonchev–Trinajstić information content (AvgIpc) is 1.66. The third-order valence-corrected chi connectivity index (χ3v) is 23.5. The van der Waals surface area contributed by atoms with Gasteiger partial charge in [0.2, 0.25) is 0 Å². The van der Waals surface area contributed by atoms with Crippen molar-refractivity contribution < 1.29 is 53.4 Å². The molecule has 33 nitrogen and oxygen atoms in total. The molecule has 10 bridgehead atoms. The van der Waals surface area contributed by atoms with Gasteiger partial charge in [0.1, 0.15) is 5.69 Å². The molecule has 10 aliphatic heterocycles. The number of aromatic nitrogens is 13. The van der Waals surface area contributed by atoms with Gasteiger partial charge in [-0.25, -0.2) is 47.7 Å². The Bertz CT molecular complexity index is 3740. The number of aliphatic hydroxyl groups excluding tert-OH is 1. The van der Waals surface area contributed by atoms with E-state index in [1.807, 2.05) is 100 Å². The summed E-state index contributed by atoms with van der Waals surface area (Å²) in [5, 5.41) is 54.5. The van der Waals surface area contributed by atoms with Gasteiger partial charge in [0.15, 0.2) is 20.7 Å². The van der Waals surface area contributed by atoms with E-state index in [0.717, 1.165) is 83.8 Å². The quantitative estimate of drug-likeness (QED) is 0.0400. The Morgan fingerprint density at radius 2 is 0.931 bits per heavy atom. The Kier molecular flexibility index (Phi) is 25.9. The number of aliphatic hydroxyl groups is 1. The zero-order valence-corrected chi connectivity index (χ0v) is 62.7. The molecule has 5 unspecified atom stereocenters. The van der Waals surface area contributed by atoms with Gasteiger partial charge < -0.3 is 43.8 Å². The predicted octanol–water partition coefficient (Wildman–Crippen LogP) is 5.59. The van der Waals surface area contributed by atoms with E-state index in [9.17, 15) is 29.2 Å². The number of aromatic amines is 1. The van der Waals surface area contributed by atoms with Crippen molar-refractivity contribution in [1.29, 1.82) is 0 Å². The van der Waals surface area contributed by atoms with Crippen molar-refractivity contribution in [3.8, 4) is 12.3 Å². The second-order valence-electron chi connectivity index (χ2n) is 26.5. The lowest BCUT2D eigenvalue weighted by Crippen LogP contribution is -2.40. The van der Waals surface area contributed by atoms with Gasteiger partial charge in [-0.3, -0.25) is 14.9 Å². The highest BCUT2D eigenvalue weighted by Crippen LogP contribution is 2.37. The molecular weight excluding hydrogens is 1440 g/mol. The molecule has 102 heavy (non-hydrogen) atoms. The number of terminal acetylenes is 1. The highest BCUT2D eigenvalue weighted by atomic mass is 127. The largest absolute Gasteiger partial charge is 0.406 e. The maximum atomic E-state index is 12.1. The van der Waals surface area contributed by atoms with Crippen LogP contribution in [0.1, 0.15) is 64.3 Å². The van der Waals surface area contributed by atoms with E-state index < -0.39 is 8.32 Å². The van der Waals surface area contributed by atoms with E-state index in [4.69, 9.17) is 25.6 Å². The normalized spacial score (nSPS) is 21.2. The summed E-state index contributed by atoms with van der Waals surface area (Å²) in [5.74, 6) is 2.51. The van der Waals surface area contributed by atoms with Gasteiger partial charge in [0, 0.05) is 62.5 Å². The topological polar surface area (TPSA) is 323 Å². The number of urea groups is 5. The van der Waals surface area contributed by atoms with Gasteiger partial charge >= 0.3 is 30.2 Å². The van der Waals surface area contributed by atoms with Crippen LogP contribution in [-0.4, -0.2) is 288 Å². The summed E-state index contributed by atoms with van der Waals surface area (Å²) < 4.78 is 13.7. The number of likely N-dealkylation sites (N-methyl/N-ethyl adjacent to an activating group) is 2. The third kappa shape index (κ3) is 18.4. The number of halogens is 1. The smallest absolute Gasteiger partial charge is 0.345 e. The number of hydrogen-bond acceptors (Lipinski definition) is 18. The zero-order valence-electron chi connectivity index (χ0n) is 59.5. The van der Waals surface area contributed by atoms with Crippen LogP contribution in [0.5, 0.6) is 0 Å². The molecule has 0 aliphatic carbocycles. The number of amides is 10. The molecule has 0 aromatic carbocycles. The van der Waals surface area contributed by atoms with Crippen molar-refractivity contribution in [3.63, 3.8) is 0 Å². The van der Waals surface area contributed by atoms with E-state index in [0.29, 0.717) is 71.3 Å². The highest BCUT2D eigenvalue weighted by molar-refractivity contribution is 14.1. The molecule has 5 aromatic heterocycles. The fourth-order valence-corrected chi connectivity index (χ4v) is 13.2. The van der Waals surface area contributed by atoms with Crippen molar-refractivity contribution >= 4 is 83.9 Å². The number of carbonyl (C=O) groups excluding carboxylic acids is 5. The van der Waals surface area contributed by atoms with Crippen molar-refractivity contribution in [2.75, 3.05) is 99.4 Å². The summed E-state index contributed by atoms with van der Waals surface area (Å²) in [5.41, 5.74) is 7.12. The van der Waals surface area contributed by atoms with Crippen LogP contribution >= 0.6 is 22.6 Å². The first kappa shape index (κ1) is 76.7. The number of H-pyrrole nitrogens is 1. The first-order valence-electron chi connectivity index (χ1n) is 33.7. The number of hydrogen-bond donors (Lipinski definition) is 2. The molecule has 0 radical (unpaired) electrons. The van der Waals surface area contributed by atoms with Crippen LogP contribution in [0.2, 0.25) is 18.1 Å². The molecule has 3 N–H and O–H groups in total. The molecule has 5 atom stereocenters. The maximum Gasteiger partial charge on any atom is 0.345 e. The summed E-state index contributed by atoms with van der Waals surface area (Å²) >= 11 is 2.25. The van der Waals surface area contributed by atoms with E-state index in [2.05, 4.69) is 134 Å². The van der Waals surface area contributed by atoms with Crippen LogP contribution in [0.15, 0.2) is 115 Å². The molecule has 0 saturated carbocycles. The van der Waals surface area contributed by atoms with Crippen molar-refractivity contribution in [2.45, 2.75) is 116 Å². The Balaban J connectivity index is 0.000000141. The van der Waals surface area contributed by atoms with Crippen LogP contribution in [0.25, 0.3) is 22.8 Å². The number of nitrogens with one attached hydrogen (secondary N) is 1. The third-order valence-electron chi connectivity index (χ3n) is 18.3. The Morgan fingerprint density at radius 1 is 0.569 bits per heavy atom. The Labute approximate surface area is 608 Å². The van der Waals surface area contributed by atoms with Crippen LogP contribution in [0, 0.1) is 12.3 Å². The molecule has 5 aromatic rings. The summed E-state index contributed by atoms with van der Waals surface area (Å²) in [6.07, 6.45) is 32.1. The molecule has 15 heterocycles. The van der Waals surface area contributed by atoms with Gasteiger partial charge in [-0.05, 0) is 90.4 Å². The Morgan fingerprint density at radius 3 is 1.27 bits per heavy atom. The van der Waals surface area contributed by atoms with Crippen LogP contribution in [0.4, 0.5) is 24.0 Å². The van der Waals surface area contributed by atoms with Gasteiger partial charge in [0.25, 0.3) is 0 Å². The fourth-order valence-electron chi connectivity index (χ4n) is 11.5. The van der Waals surface area contributed by atoms with Gasteiger partial charge in [-0.1, -0.05) is 86.5 Å². The van der Waals surface area contributed by atoms with Crippen LogP contribution in [0.3, 0.4) is 0 Å². The van der Waals surface area contributed by atoms with Crippen molar-refractivity contribution in [1.82, 2.24) is 109 Å². The molecule has 5 saturated heterocycles. The fraction of sp³-hybridized carbons (Fsp3) is 0.493. The number of fused-ring (bicyclic) bond motifs is 10. The van der Waals surface area contributed by atoms with Crippen LogP contribution < -0.4 is 4.98 Å². The van der Waals surface area contributed by atoms with E-state index in [1.54, 1.807) is 73.5 Å². The summed E-state index contributed by atoms with van der Waals surface area (Å²) in [6.45, 7) is 31.6. The summed E-state index contributed by atoms with van der Waals surface area (Å²) in [4.78, 5) is 84.8. The molecule has 5 fully saturated rings. The highest BCUT2D eigenvalue weighted by Gasteiger charge is 2.44. The number of nitrogens with zero attached hydrogens (tertiary/aromatic N) is 22. The molecule has 546 valence electrons. The minimum Gasteiger partial charge on any atom is -0.406 e. The maximum absolute atomic E-state index is 12.1. The zero-order chi connectivity index (χ0) is 73.6. The minimum atomic E-state index is -1.57. The van der Waals surface area contributed by atoms with Crippen molar-refractivity contribution in [2.24, 2.45) is 0 Å². The number of pyridine rings is 1. The SMILES string of the molecule is C#CCO[Si](C)(C)C(C)(C)C.C=CCON1C(=O)N2CC(I)=CC1C2.C=CCON1C(=O)N2CC(n3cc(CC)nn3)=CC1C2.CCc1cn(C2=CC3CN(C2)C(=O)N3C)nn1.CCc1cn(C2=CC3CN(C2)C(=O)N3O)nn1.CN1C(=O)N2CC(n3cc(CO)nn3)=CC1C2.c1cc[nH+]cc1.